The number of anilines is 1. The highest BCUT2D eigenvalue weighted by atomic mass is 32.2. The highest BCUT2D eigenvalue weighted by Gasteiger charge is 2.45. The molecule has 4 rings (SSSR count). The number of allylic oxidation sites excluding steroid dienone is 2. The maximum Gasteiger partial charge on any atom is 0.234 e. The molecule has 2 aromatic rings. The summed E-state index contributed by atoms with van der Waals surface area (Å²) in [6, 6.07) is 16.0. The SMILES string of the molecule is CSc1ccc([C@H]2C3=C(CC(C)(C)CC3=O)N=C(C)C2C(=O)Nc2ccccc2C)cc1. The van der Waals surface area contributed by atoms with Crippen molar-refractivity contribution >= 4 is 34.9 Å². The molecule has 4 nitrogen and oxygen atoms in total. The third-order valence-corrected chi connectivity index (χ3v) is 7.21. The number of para-hydroxylation sites is 1. The first-order valence-corrected chi connectivity index (χ1v) is 12.2. The maximum absolute atomic E-state index is 13.6. The summed E-state index contributed by atoms with van der Waals surface area (Å²) in [5.74, 6) is -0.867. The van der Waals surface area contributed by atoms with Gasteiger partial charge in [0.15, 0.2) is 5.78 Å². The molecule has 1 amide bonds. The van der Waals surface area contributed by atoms with E-state index in [1.54, 1.807) is 11.8 Å². The van der Waals surface area contributed by atoms with Crippen LogP contribution < -0.4 is 5.32 Å². The van der Waals surface area contributed by atoms with Crippen molar-refractivity contribution in [1.82, 2.24) is 0 Å². The van der Waals surface area contributed by atoms with Gasteiger partial charge >= 0.3 is 0 Å². The molecule has 1 heterocycles. The average Bonchev–Trinajstić information content (AvgIpc) is 2.73. The van der Waals surface area contributed by atoms with E-state index in [4.69, 9.17) is 4.99 Å². The summed E-state index contributed by atoms with van der Waals surface area (Å²) in [5.41, 5.74) is 4.99. The van der Waals surface area contributed by atoms with Gasteiger partial charge in [0.1, 0.15) is 0 Å². The fourth-order valence-corrected chi connectivity index (χ4v) is 5.29. The van der Waals surface area contributed by atoms with Gasteiger partial charge in [-0.25, -0.2) is 0 Å². The van der Waals surface area contributed by atoms with E-state index in [-0.39, 0.29) is 23.0 Å². The Morgan fingerprint density at radius 1 is 1.06 bits per heavy atom. The number of ketones is 1. The second-order valence-corrected chi connectivity index (χ2v) is 10.5. The monoisotopic (exact) mass is 446 g/mol. The van der Waals surface area contributed by atoms with Crippen molar-refractivity contribution in [3.05, 3.63) is 70.9 Å². The van der Waals surface area contributed by atoms with Gasteiger partial charge in [-0.05, 0) is 61.3 Å². The number of benzene rings is 2. The quantitative estimate of drug-likeness (QED) is 0.571. The second-order valence-electron chi connectivity index (χ2n) is 9.59. The van der Waals surface area contributed by atoms with Crippen molar-refractivity contribution in [2.75, 3.05) is 11.6 Å². The minimum Gasteiger partial charge on any atom is -0.325 e. The molecule has 2 atom stereocenters. The molecular formula is C27H30N2O2S. The topological polar surface area (TPSA) is 58.5 Å². The van der Waals surface area contributed by atoms with Gasteiger partial charge in [-0.1, -0.05) is 44.2 Å². The van der Waals surface area contributed by atoms with Crippen molar-refractivity contribution in [1.29, 1.82) is 0 Å². The Labute approximate surface area is 194 Å². The summed E-state index contributed by atoms with van der Waals surface area (Å²) < 4.78 is 0. The molecule has 166 valence electrons. The third kappa shape index (κ3) is 4.31. The number of aryl methyl sites for hydroxylation is 1. The van der Waals surface area contributed by atoms with Gasteiger partial charge in [-0.3, -0.25) is 14.6 Å². The molecule has 1 unspecified atom stereocenters. The molecule has 0 bridgehead atoms. The summed E-state index contributed by atoms with van der Waals surface area (Å²) in [6.07, 6.45) is 3.26. The largest absolute Gasteiger partial charge is 0.325 e. The lowest BCUT2D eigenvalue weighted by Crippen LogP contribution is -2.41. The Hall–Kier alpha value is -2.66. The van der Waals surface area contributed by atoms with Crippen LogP contribution in [-0.2, 0) is 9.59 Å². The minimum atomic E-state index is -0.529. The lowest BCUT2D eigenvalue weighted by molar-refractivity contribution is -0.119. The first-order valence-electron chi connectivity index (χ1n) is 11.0. The van der Waals surface area contributed by atoms with Gasteiger partial charge in [0.2, 0.25) is 5.91 Å². The number of amides is 1. The number of hydrogen-bond acceptors (Lipinski definition) is 4. The number of rotatable bonds is 4. The number of aliphatic imine (C=N–C) groups is 1. The standard InChI is InChI=1S/C27H30N2O2S/c1-16-8-6-7-9-20(16)29-26(31)23-17(2)28-21-14-27(3,4)15-22(30)25(21)24(23)18-10-12-19(32-5)13-11-18/h6-13,23-24H,14-15H2,1-5H3,(H,29,31)/t23?,24-/m1/s1. The predicted molar refractivity (Wildman–Crippen MR) is 132 cm³/mol. The van der Waals surface area contributed by atoms with Crippen molar-refractivity contribution < 1.29 is 9.59 Å². The number of nitrogens with one attached hydrogen (secondary N) is 1. The fraction of sp³-hybridized carbons (Fsp3) is 0.370. The number of carbonyl (C=O) groups excluding carboxylic acids is 2. The van der Waals surface area contributed by atoms with Crippen LogP contribution in [0.2, 0.25) is 0 Å². The molecule has 2 aliphatic rings. The van der Waals surface area contributed by atoms with Gasteiger partial charge in [0.05, 0.1) is 5.92 Å². The van der Waals surface area contributed by atoms with Crippen LogP contribution in [-0.4, -0.2) is 23.7 Å². The summed E-state index contributed by atoms with van der Waals surface area (Å²) in [6.45, 7) is 8.11. The summed E-state index contributed by atoms with van der Waals surface area (Å²) in [4.78, 5) is 33.0. The number of nitrogens with zero attached hydrogens (tertiary/aromatic N) is 1. The molecule has 2 aromatic carbocycles. The van der Waals surface area contributed by atoms with Crippen molar-refractivity contribution in [3.63, 3.8) is 0 Å². The number of Topliss-reactive ketones (excluding diaryl/α,β-unsaturated/α-hetero) is 1. The zero-order valence-corrected chi connectivity index (χ0v) is 20.2. The molecule has 0 radical (unpaired) electrons. The summed E-state index contributed by atoms with van der Waals surface area (Å²) >= 11 is 1.68. The van der Waals surface area contributed by atoms with Gasteiger partial charge in [-0.2, -0.15) is 0 Å². The van der Waals surface area contributed by atoms with E-state index in [0.29, 0.717) is 6.42 Å². The lowest BCUT2D eigenvalue weighted by Gasteiger charge is -2.39. The molecule has 1 N–H and O–H groups in total. The number of thioether (sulfide) groups is 1. The highest BCUT2D eigenvalue weighted by molar-refractivity contribution is 7.98. The molecular weight excluding hydrogens is 416 g/mol. The van der Waals surface area contributed by atoms with Crippen molar-refractivity contribution in [2.24, 2.45) is 16.3 Å². The van der Waals surface area contributed by atoms with Crippen LogP contribution in [0.3, 0.4) is 0 Å². The van der Waals surface area contributed by atoms with E-state index in [0.717, 1.165) is 45.1 Å². The smallest absolute Gasteiger partial charge is 0.234 e. The Morgan fingerprint density at radius 2 is 1.75 bits per heavy atom. The first-order chi connectivity index (χ1) is 15.2. The van der Waals surface area contributed by atoms with E-state index in [1.807, 2.05) is 44.4 Å². The zero-order valence-electron chi connectivity index (χ0n) is 19.4. The van der Waals surface area contributed by atoms with E-state index < -0.39 is 5.92 Å². The lowest BCUT2D eigenvalue weighted by atomic mass is 9.66. The van der Waals surface area contributed by atoms with E-state index in [1.165, 1.54) is 0 Å². The van der Waals surface area contributed by atoms with Crippen LogP contribution in [0.25, 0.3) is 0 Å². The zero-order chi connectivity index (χ0) is 23.0. The van der Waals surface area contributed by atoms with Crippen LogP contribution in [0.1, 0.15) is 50.7 Å². The van der Waals surface area contributed by atoms with Crippen LogP contribution >= 0.6 is 11.8 Å². The van der Waals surface area contributed by atoms with Crippen LogP contribution in [0.5, 0.6) is 0 Å². The normalized spacial score (nSPS) is 22.3. The molecule has 0 saturated heterocycles. The van der Waals surface area contributed by atoms with Gasteiger partial charge in [0, 0.05) is 39.9 Å². The van der Waals surface area contributed by atoms with Crippen molar-refractivity contribution in [2.45, 2.75) is 51.3 Å². The van der Waals surface area contributed by atoms with Gasteiger partial charge < -0.3 is 5.32 Å². The second kappa shape index (κ2) is 8.70. The molecule has 0 fully saturated rings. The molecule has 0 saturated carbocycles. The van der Waals surface area contributed by atoms with E-state index in [9.17, 15) is 9.59 Å². The van der Waals surface area contributed by atoms with Crippen LogP contribution in [0, 0.1) is 18.3 Å². The Kier molecular flexibility index (Phi) is 6.13. The Bertz CT molecular complexity index is 1130. The van der Waals surface area contributed by atoms with Crippen molar-refractivity contribution in [3.8, 4) is 0 Å². The highest BCUT2D eigenvalue weighted by Crippen LogP contribution is 2.48. The van der Waals surface area contributed by atoms with Crippen LogP contribution in [0.15, 0.2) is 69.7 Å². The molecule has 32 heavy (non-hydrogen) atoms. The molecule has 1 aliphatic carbocycles. The Balaban J connectivity index is 1.80. The van der Waals surface area contributed by atoms with Crippen LogP contribution in [0.4, 0.5) is 5.69 Å². The van der Waals surface area contributed by atoms with Gasteiger partial charge in [0.25, 0.3) is 0 Å². The first kappa shape index (κ1) is 22.5. The predicted octanol–water partition coefficient (Wildman–Crippen LogP) is 6.17. The van der Waals surface area contributed by atoms with E-state index >= 15 is 0 Å². The summed E-state index contributed by atoms with van der Waals surface area (Å²) in [5, 5.41) is 3.10. The average molecular weight is 447 g/mol. The molecule has 0 spiro atoms. The molecule has 0 aromatic heterocycles. The maximum atomic E-state index is 13.6. The third-order valence-electron chi connectivity index (χ3n) is 6.46. The Morgan fingerprint density at radius 3 is 2.41 bits per heavy atom. The molecule has 1 aliphatic heterocycles. The summed E-state index contributed by atoms with van der Waals surface area (Å²) in [7, 11) is 0. The van der Waals surface area contributed by atoms with Gasteiger partial charge in [-0.15, -0.1) is 11.8 Å². The molecule has 5 heteroatoms. The van der Waals surface area contributed by atoms with E-state index in [2.05, 4.69) is 43.4 Å². The number of carbonyl (C=O) groups is 2. The minimum absolute atomic E-state index is 0.111. The number of hydrogen-bond donors (Lipinski definition) is 1. The fourth-order valence-electron chi connectivity index (χ4n) is 4.88.